The van der Waals surface area contributed by atoms with Crippen molar-refractivity contribution in [1.29, 1.82) is 0 Å². The zero-order valence-electron chi connectivity index (χ0n) is 11.4. The first kappa shape index (κ1) is 15.8. The van der Waals surface area contributed by atoms with Crippen LogP contribution in [-0.2, 0) is 10.0 Å². The summed E-state index contributed by atoms with van der Waals surface area (Å²) in [6.45, 7) is 3.47. The fraction of sp³-hybridized carbons (Fsp3) is 0.143. The highest BCUT2D eigenvalue weighted by atomic mass is 79.9. The third kappa shape index (κ3) is 3.36. The highest BCUT2D eigenvalue weighted by Gasteiger charge is 2.21. The first-order chi connectivity index (χ1) is 9.70. The second-order valence-electron chi connectivity index (χ2n) is 4.71. The van der Waals surface area contributed by atoms with Crippen LogP contribution >= 0.6 is 15.9 Å². The number of benzene rings is 2. The zero-order valence-corrected chi connectivity index (χ0v) is 13.8. The maximum atomic E-state index is 13.8. The number of halogens is 2. The molecular weight excluding hydrogens is 359 g/mol. The van der Waals surface area contributed by atoms with E-state index in [0.717, 1.165) is 6.07 Å². The minimum absolute atomic E-state index is 0.402. The molecule has 0 aromatic heterocycles. The highest BCUT2D eigenvalue weighted by Crippen LogP contribution is 2.27. The molecule has 7 heteroatoms. The number of nitrogens with one attached hydrogen (secondary N) is 1. The molecule has 2 rings (SSSR count). The van der Waals surface area contributed by atoms with Gasteiger partial charge in [-0.25, -0.2) is 12.8 Å². The van der Waals surface area contributed by atoms with Crippen LogP contribution in [0.25, 0.3) is 0 Å². The number of aryl methyl sites for hydroxylation is 2. The van der Waals surface area contributed by atoms with Gasteiger partial charge in [0.15, 0.2) is 0 Å². The van der Waals surface area contributed by atoms with Crippen LogP contribution in [0.3, 0.4) is 0 Å². The second kappa shape index (κ2) is 5.65. The summed E-state index contributed by atoms with van der Waals surface area (Å²) in [6, 6.07) is 7.10. The van der Waals surface area contributed by atoms with E-state index in [2.05, 4.69) is 20.7 Å². The molecule has 0 bridgehead atoms. The SMILES string of the molecule is Cc1cc(N)cc(C)c1NS(=O)(=O)c1ccc(Br)cc1F. The van der Waals surface area contributed by atoms with E-state index in [-0.39, 0.29) is 0 Å². The number of sulfonamides is 1. The zero-order chi connectivity index (χ0) is 15.8. The number of nitrogen functional groups attached to an aromatic ring is 1. The molecule has 0 atom stereocenters. The second-order valence-corrected chi connectivity index (χ2v) is 7.28. The van der Waals surface area contributed by atoms with Crippen molar-refractivity contribution in [2.75, 3.05) is 10.5 Å². The topological polar surface area (TPSA) is 72.2 Å². The minimum atomic E-state index is -4.01. The maximum absolute atomic E-state index is 13.8. The van der Waals surface area contributed by atoms with E-state index in [1.54, 1.807) is 26.0 Å². The Labute approximate surface area is 131 Å². The van der Waals surface area contributed by atoms with E-state index in [9.17, 15) is 12.8 Å². The van der Waals surface area contributed by atoms with Crippen LogP contribution in [0.15, 0.2) is 39.7 Å². The monoisotopic (exact) mass is 372 g/mol. The van der Waals surface area contributed by atoms with Crippen LogP contribution in [0, 0.1) is 19.7 Å². The van der Waals surface area contributed by atoms with Crippen molar-refractivity contribution >= 4 is 37.3 Å². The molecule has 0 spiro atoms. The lowest BCUT2D eigenvalue weighted by molar-refractivity contribution is 0.570. The Morgan fingerprint density at radius 2 is 1.71 bits per heavy atom. The molecule has 4 nitrogen and oxygen atoms in total. The Hall–Kier alpha value is -1.60. The van der Waals surface area contributed by atoms with Crippen molar-refractivity contribution in [2.45, 2.75) is 18.7 Å². The molecule has 0 fully saturated rings. The van der Waals surface area contributed by atoms with Crippen LogP contribution in [0.4, 0.5) is 15.8 Å². The number of hydrogen-bond acceptors (Lipinski definition) is 3. The maximum Gasteiger partial charge on any atom is 0.264 e. The number of anilines is 2. The van der Waals surface area contributed by atoms with Crippen molar-refractivity contribution in [1.82, 2.24) is 0 Å². The van der Waals surface area contributed by atoms with Gasteiger partial charge >= 0.3 is 0 Å². The van der Waals surface area contributed by atoms with Crippen LogP contribution in [0.1, 0.15) is 11.1 Å². The summed E-state index contributed by atoms with van der Waals surface area (Å²) in [5, 5.41) is 0. The van der Waals surface area contributed by atoms with Crippen LogP contribution in [0.2, 0.25) is 0 Å². The molecule has 0 saturated carbocycles. The van der Waals surface area contributed by atoms with Gasteiger partial charge in [-0.1, -0.05) is 15.9 Å². The van der Waals surface area contributed by atoms with E-state index in [4.69, 9.17) is 5.73 Å². The first-order valence-electron chi connectivity index (χ1n) is 6.05. The predicted octanol–water partition coefficient (Wildman–Crippen LogP) is 3.59. The predicted molar refractivity (Wildman–Crippen MR) is 85.2 cm³/mol. The average Bonchev–Trinajstić information content (AvgIpc) is 2.33. The number of hydrogen-bond donors (Lipinski definition) is 2. The van der Waals surface area contributed by atoms with Crippen molar-refractivity contribution in [3.63, 3.8) is 0 Å². The molecule has 21 heavy (non-hydrogen) atoms. The molecule has 0 heterocycles. The Morgan fingerprint density at radius 3 is 2.24 bits per heavy atom. The van der Waals surface area contributed by atoms with Gasteiger partial charge in [-0.05, 0) is 55.3 Å². The molecule has 0 saturated heterocycles. The Morgan fingerprint density at radius 1 is 1.14 bits per heavy atom. The van der Waals surface area contributed by atoms with Gasteiger partial charge in [0, 0.05) is 10.2 Å². The van der Waals surface area contributed by atoms with Gasteiger partial charge in [0.25, 0.3) is 10.0 Å². The van der Waals surface area contributed by atoms with E-state index in [0.29, 0.717) is 27.0 Å². The first-order valence-corrected chi connectivity index (χ1v) is 8.33. The van der Waals surface area contributed by atoms with Crippen LogP contribution < -0.4 is 10.5 Å². The van der Waals surface area contributed by atoms with Gasteiger partial charge in [-0.3, -0.25) is 4.72 Å². The lowest BCUT2D eigenvalue weighted by Gasteiger charge is -2.14. The Bertz CT molecular complexity index is 784. The molecule has 3 N–H and O–H groups in total. The smallest absolute Gasteiger partial charge is 0.264 e. The average molecular weight is 373 g/mol. The van der Waals surface area contributed by atoms with Gasteiger partial charge < -0.3 is 5.73 Å². The van der Waals surface area contributed by atoms with Gasteiger partial charge in [-0.2, -0.15) is 0 Å². The van der Waals surface area contributed by atoms with Crippen molar-refractivity contribution < 1.29 is 12.8 Å². The molecule has 0 aliphatic rings. The Balaban J connectivity index is 2.47. The van der Waals surface area contributed by atoms with Gasteiger partial charge in [-0.15, -0.1) is 0 Å². The summed E-state index contributed by atoms with van der Waals surface area (Å²) in [7, 11) is -4.01. The van der Waals surface area contributed by atoms with E-state index in [1.165, 1.54) is 12.1 Å². The molecule has 0 amide bonds. The summed E-state index contributed by atoms with van der Waals surface area (Å²) < 4.78 is 41.4. The molecule has 2 aromatic rings. The summed E-state index contributed by atoms with van der Waals surface area (Å²) >= 11 is 3.09. The summed E-state index contributed by atoms with van der Waals surface area (Å²) in [4.78, 5) is -0.402. The third-order valence-electron chi connectivity index (χ3n) is 2.97. The normalized spacial score (nSPS) is 11.4. The lowest BCUT2D eigenvalue weighted by atomic mass is 10.1. The number of rotatable bonds is 3. The minimum Gasteiger partial charge on any atom is -0.399 e. The quantitative estimate of drug-likeness (QED) is 0.808. The van der Waals surface area contributed by atoms with E-state index >= 15 is 0 Å². The van der Waals surface area contributed by atoms with E-state index in [1.807, 2.05) is 0 Å². The van der Waals surface area contributed by atoms with Crippen molar-refractivity contribution in [3.8, 4) is 0 Å². The van der Waals surface area contributed by atoms with Gasteiger partial charge in [0.2, 0.25) is 0 Å². The molecule has 0 aliphatic carbocycles. The van der Waals surface area contributed by atoms with Crippen molar-refractivity contribution in [2.24, 2.45) is 0 Å². The highest BCUT2D eigenvalue weighted by molar-refractivity contribution is 9.10. The Kier molecular flexibility index (Phi) is 4.25. The van der Waals surface area contributed by atoms with Crippen LogP contribution in [0.5, 0.6) is 0 Å². The van der Waals surface area contributed by atoms with Crippen LogP contribution in [-0.4, -0.2) is 8.42 Å². The van der Waals surface area contributed by atoms with Gasteiger partial charge in [0.1, 0.15) is 10.7 Å². The molecule has 2 aromatic carbocycles. The molecule has 112 valence electrons. The fourth-order valence-corrected chi connectivity index (χ4v) is 3.64. The summed E-state index contributed by atoms with van der Waals surface area (Å²) in [6.07, 6.45) is 0. The standard InChI is InChI=1S/C14H14BrFN2O2S/c1-8-5-11(17)6-9(2)14(8)18-21(19,20)13-4-3-10(15)7-12(13)16/h3-7,18H,17H2,1-2H3. The summed E-state index contributed by atoms with van der Waals surface area (Å²) in [5.41, 5.74) is 8.00. The molecular formula is C14H14BrFN2O2S. The molecule has 0 unspecified atom stereocenters. The third-order valence-corrected chi connectivity index (χ3v) is 4.85. The van der Waals surface area contributed by atoms with Gasteiger partial charge in [0.05, 0.1) is 5.69 Å². The number of nitrogens with two attached hydrogens (primary N) is 1. The molecule has 0 radical (unpaired) electrons. The van der Waals surface area contributed by atoms with E-state index < -0.39 is 20.7 Å². The van der Waals surface area contributed by atoms with Crippen molar-refractivity contribution in [3.05, 3.63) is 51.7 Å². The largest absolute Gasteiger partial charge is 0.399 e. The molecule has 0 aliphatic heterocycles. The summed E-state index contributed by atoms with van der Waals surface area (Å²) in [5.74, 6) is -0.817. The fourth-order valence-electron chi connectivity index (χ4n) is 2.04. The lowest BCUT2D eigenvalue weighted by Crippen LogP contribution is -2.16.